The van der Waals surface area contributed by atoms with Crippen LogP contribution in [0.15, 0.2) is 36.7 Å². The molecule has 0 aliphatic rings. The smallest absolute Gasteiger partial charge is 0.276 e. The molecule has 0 unspecified atom stereocenters. The summed E-state index contributed by atoms with van der Waals surface area (Å²) in [5, 5.41) is 12.5. The summed E-state index contributed by atoms with van der Waals surface area (Å²) >= 11 is 5.80. The Morgan fingerprint density at radius 2 is 1.95 bits per heavy atom. The largest absolute Gasteiger partial charge is 0.319 e. The van der Waals surface area contributed by atoms with Crippen molar-refractivity contribution >= 4 is 11.6 Å². The zero-order chi connectivity index (χ0) is 14.8. The number of alkyl halides is 2. The summed E-state index contributed by atoms with van der Waals surface area (Å²) < 4.78 is 26.2. The number of tetrazole rings is 1. The Morgan fingerprint density at radius 1 is 1.19 bits per heavy atom. The van der Waals surface area contributed by atoms with E-state index in [-0.39, 0.29) is 12.4 Å². The van der Waals surface area contributed by atoms with Crippen LogP contribution in [0.5, 0.6) is 0 Å². The molecule has 3 aromatic rings. The maximum atomic E-state index is 12.7. The monoisotopic (exact) mass is 310 g/mol. The molecular formula is C12H9ClF2N6. The van der Waals surface area contributed by atoms with Gasteiger partial charge in [0.2, 0.25) is 5.82 Å². The summed E-state index contributed by atoms with van der Waals surface area (Å²) in [5.41, 5.74) is 0.739. The van der Waals surface area contributed by atoms with Crippen molar-refractivity contribution in [2.24, 2.45) is 0 Å². The third-order valence-corrected chi connectivity index (χ3v) is 3.05. The lowest BCUT2D eigenvalue weighted by molar-refractivity contribution is 0.0663. The standard InChI is InChI=1S/C12H9ClF2N6/c13-9-3-1-8(2-4-9)11-17-19-21(18-11)7-10-16-5-6-20(10)12(14)15/h1-6,12H,7H2. The average molecular weight is 311 g/mol. The molecule has 9 heteroatoms. The maximum Gasteiger partial charge on any atom is 0.319 e. The van der Waals surface area contributed by atoms with Gasteiger partial charge in [0.1, 0.15) is 12.4 Å². The van der Waals surface area contributed by atoms with E-state index in [1.807, 2.05) is 0 Å². The lowest BCUT2D eigenvalue weighted by atomic mass is 10.2. The molecule has 0 aliphatic carbocycles. The summed E-state index contributed by atoms with van der Waals surface area (Å²) in [6.45, 7) is -2.64. The van der Waals surface area contributed by atoms with E-state index in [4.69, 9.17) is 11.6 Å². The van der Waals surface area contributed by atoms with E-state index in [0.717, 1.165) is 10.1 Å². The first kappa shape index (κ1) is 13.6. The van der Waals surface area contributed by atoms with Crippen molar-refractivity contribution < 1.29 is 8.78 Å². The molecule has 0 aliphatic heterocycles. The number of imidazole rings is 1. The fraction of sp³-hybridized carbons (Fsp3) is 0.167. The van der Waals surface area contributed by atoms with Gasteiger partial charge < -0.3 is 0 Å². The van der Waals surface area contributed by atoms with Crippen molar-refractivity contribution in [3.63, 3.8) is 0 Å². The summed E-state index contributed by atoms with van der Waals surface area (Å²) in [5.74, 6) is 0.548. The van der Waals surface area contributed by atoms with Crippen molar-refractivity contribution in [1.82, 2.24) is 29.8 Å². The first-order valence-corrected chi connectivity index (χ1v) is 6.35. The van der Waals surface area contributed by atoms with Crippen LogP contribution in [0.4, 0.5) is 8.78 Å². The van der Waals surface area contributed by atoms with Crippen molar-refractivity contribution in [3.8, 4) is 11.4 Å². The highest BCUT2D eigenvalue weighted by Crippen LogP contribution is 2.17. The number of nitrogens with zero attached hydrogens (tertiary/aromatic N) is 6. The van der Waals surface area contributed by atoms with E-state index in [1.165, 1.54) is 17.2 Å². The van der Waals surface area contributed by atoms with Gasteiger partial charge in [0.05, 0.1) is 0 Å². The number of hydrogen-bond acceptors (Lipinski definition) is 4. The maximum absolute atomic E-state index is 12.7. The molecule has 0 amide bonds. The van der Waals surface area contributed by atoms with Crippen LogP contribution in [-0.4, -0.2) is 29.8 Å². The van der Waals surface area contributed by atoms with E-state index in [0.29, 0.717) is 10.8 Å². The molecule has 0 N–H and O–H groups in total. The molecule has 0 fully saturated rings. The molecule has 3 rings (SSSR count). The summed E-state index contributed by atoms with van der Waals surface area (Å²) in [6, 6.07) is 6.93. The van der Waals surface area contributed by atoms with E-state index < -0.39 is 6.55 Å². The van der Waals surface area contributed by atoms with Gasteiger partial charge in [0, 0.05) is 23.0 Å². The Morgan fingerprint density at radius 3 is 2.67 bits per heavy atom. The fourth-order valence-corrected chi connectivity index (χ4v) is 1.92. The zero-order valence-electron chi connectivity index (χ0n) is 10.6. The molecule has 0 atom stereocenters. The van der Waals surface area contributed by atoms with Crippen LogP contribution in [0.1, 0.15) is 12.4 Å². The van der Waals surface area contributed by atoms with E-state index in [9.17, 15) is 8.78 Å². The molecule has 21 heavy (non-hydrogen) atoms. The number of halogens is 3. The van der Waals surface area contributed by atoms with Gasteiger partial charge in [0.25, 0.3) is 0 Å². The molecular weight excluding hydrogens is 302 g/mol. The topological polar surface area (TPSA) is 61.4 Å². The first-order chi connectivity index (χ1) is 10.1. The Kier molecular flexibility index (Phi) is 3.61. The van der Waals surface area contributed by atoms with Crippen molar-refractivity contribution in [2.75, 3.05) is 0 Å². The molecule has 108 valence electrons. The van der Waals surface area contributed by atoms with Gasteiger partial charge in [-0.05, 0) is 29.5 Å². The number of benzene rings is 1. The van der Waals surface area contributed by atoms with E-state index in [1.54, 1.807) is 24.3 Å². The Labute approximate surface area is 123 Å². The van der Waals surface area contributed by atoms with Crippen LogP contribution in [-0.2, 0) is 6.54 Å². The lowest BCUT2D eigenvalue weighted by Gasteiger charge is -2.04. The van der Waals surface area contributed by atoms with Crippen LogP contribution in [0.3, 0.4) is 0 Å². The highest BCUT2D eigenvalue weighted by atomic mass is 35.5. The van der Waals surface area contributed by atoms with Gasteiger partial charge in [-0.1, -0.05) is 11.6 Å². The molecule has 0 radical (unpaired) electrons. The second kappa shape index (κ2) is 5.57. The quantitative estimate of drug-likeness (QED) is 0.743. The van der Waals surface area contributed by atoms with Crippen LogP contribution in [0, 0.1) is 0 Å². The molecule has 0 bridgehead atoms. The summed E-state index contributed by atoms with van der Waals surface area (Å²) in [7, 11) is 0. The molecule has 6 nitrogen and oxygen atoms in total. The van der Waals surface area contributed by atoms with E-state index >= 15 is 0 Å². The SMILES string of the molecule is FC(F)n1ccnc1Cn1nnc(-c2ccc(Cl)cc2)n1. The lowest BCUT2D eigenvalue weighted by Crippen LogP contribution is -2.11. The van der Waals surface area contributed by atoms with Crippen molar-refractivity contribution in [1.29, 1.82) is 0 Å². The minimum atomic E-state index is -2.65. The zero-order valence-corrected chi connectivity index (χ0v) is 11.3. The highest BCUT2D eigenvalue weighted by Gasteiger charge is 2.13. The molecule has 2 aromatic heterocycles. The summed E-state index contributed by atoms with van der Waals surface area (Å²) in [6.07, 6.45) is 2.51. The van der Waals surface area contributed by atoms with Crippen LogP contribution in [0.2, 0.25) is 5.02 Å². The van der Waals surface area contributed by atoms with Gasteiger partial charge in [-0.2, -0.15) is 13.6 Å². The van der Waals surface area contributed by atoms with Crippen molar-refractivity contribution in [2.45, 2.75) is 13.1 Å². The second-order valence-corrected chi connectivity index (χ2v) is 4.62. The van der Waals surface area contributed by atoms with Crippen LogP contribution in [0.25, 0.3) is 11.4 Å². The number of aromatic nitrogens is 6. The minimum absolute atomic E-state index is 0.0118. The Balaban J connectivity index is 1.82. The predicted octanol–water partition coefficient (Wildman–Crippen LogP) is 2.63. The second-order valence-electron chi connectivity index (χ2n) is 4.18. The fourth-order valence-electron chi connectivity index (χ4n) is 1.80. The minimum Gasteiger partial charge on any atom is -0.276 e. The number of hydrogen-bond donors (Lipinski definition) is 0. The van der Waals surface area contributed by atoms with Gasteiger partial charge >= 0.3 is 6.55 Å². The van der Waals surface area contributed by atoms with Crippen LogP contribution < -0.4 is 0 Å². The average Bonchev–Trinajstić information content (AvgIpc) is 3.09. The molecule has 0 spiro atoms. The molecule has 0 saturated carbocycles. The van der Waals surface area contributed by atoms with Gasteiger partial charge in [0.15, 0.2) is 0 Å². The van der Waals surface area contributed by atoms with Crippen LogP contribution >= 0.6 is 11.6 Å². The summed E-state index contributed by atoms with van der Waals surface area (Å²) in [4.78, 5) is 5.08. The van der Waals surface area contributed by atoms with Gasteiger partial charge in [-0.25, -0.2) is 4.98 Å². The molecule has 1 aromatic carbocycles. The van der Waals surface area contributed by atoms with E-state index in [2.05, 4.69) is 20.4 Å². The predicted molar refractivity (Wildman–Crippen MR) is 70.8 cm³/mol. The third-order valence-electron chi connectivity index (χ3n) is 2.80. The Hall–Kier alpha value is -2.35. The van der Waals surface area contributed by atoms with Gasteiger partial charge in [-0.15, -0.1) is 10.2 Å². The first-order valence-electron chi connectivity index (χ1n) is 5.97. The molecule has 0 saturated heterocycles. The number of rotatable bonds is 4. The normalized spacial score (nSPS) is 11.2. The third kappa shape index (κ3) is 2.89. The van der Waals surface area contributed by atoms with Crippen molar-refractivity contribution in [3.05, 3.63) is 47.5 Å². The molecule has 2 heterocycles. The Bertz CT molecular complexity index is 736. The highest BCUT2D eigenvalue weighted by molar-refractivity contribution is 6.30. The van der Waals surface area contributed by atoms with Gasteiger partial charge in [-0.3, -0.25) is 4.57 Å².